The van der Waals surface area contributed by atoms with Gasteiger partial charge in [0.1, 0.15) is 12.4 Å². The second-order valence-corrected chi connectivity index (χ2v) is 7.77. The summed E-state index contributed by atoms with van der Waals surface area (Å²) < 4.78 is 10.6. The van der Waals surface area contributed by atoms with Crippen LogP contribution in [-0.4, -0.2) is 47.6 Å². The quantitative estimate of drug-likeness (QED) is 0.497. The molecule has 160 valence electrons. The maximum Gasteiger partial charge on any atom is 0.254 e. The highest BCUT2D eigenvalue weighted by Crippen LogP contribution is 2.33. The van der Waals surface area contributed by atoms with Crippen LogP contribution in [0.3, 0.4) is 0 Å². The molecular formula is C24H24ClN3O3. The van der Waals surface area contributed by atoms with Gasteiger partial charge in [-0.1, -0.05) is 23.7 Å². The second-order valence-electron chi connectivity index (χ2n) is 7.34. The first-order valence-corrected chi connectivity index (χ1v) is 10.6. The van der Waals surface area contributed by atoms with Crippen LogP contribution in [-0.2, 0) is 4.74 Å². The molecule has 0 bridgehead atoms. The van der Waals surface area contributed by atoms with Crippen LogP contribution in [0.4, 0.5) is 0 Å². The summed E-state index contributed by atoms with van der Waals surface area (Å²) in [6, 6.07) is 16.5. The Morgan fingerprint density at radius 2 is 2.00 bits per heavy atom. The molecule has 7 heteroatoms. The van der Waals surface area contributed by atoms with Crippen molar-refractivity contribution < 1.29 is 14.3 Å². The number of likely N-dealkylation sites (tertiary alicyclic amines) is 1. The number of methoxy groups -OCH3 is 1. The highest BCUT2D eigenvalue weighted by Gasteiger charge is 2.31. The van der Waals surface area contributed by atoms with E-state index in [9.17, 15) is 4.79 Å². The largest absolute Gasteiger partial charge is 0.491 e. The van der Waals surface area contributed by atoms with E-state index < -0.39 is 0 Å². The Morgan fingerprint density at radius 1 is 1.16 bits per heavy atom. The number of hydrogen-bond donors (Lipinski definition) is 0. The molecule has 1 aliphatic rings. The lowest BCUT2D eigenvalue weighted by molar-refractivity contribution is 0.0733. The molecule has 0 aliphatic carbocycles. The van der Waals surface area contributed by atoms with E-state index in [2.05, 4.69) is 4.98 Å². The maximum atomic E-state index is 13.2. The Morgan fingerprint density at radius 3 is 2.77 bits per heavy atom. The highest BCUT2D eigenvalue weighted by atomic mass is 35.5. The first-order chi connectivity index (χ1) is 15.2. The molecule has 31 heavy (non-hydrogen) atoms. The summed E-state index contributed by atoms with van der Waals surface area (Å²) in [5, 5.41) is 0.638. The maximum absolute atomic E-state index is 13.2. The highest BCUT2D eigenvalue weighted by molar-refractivity contribution is 6.30. The lowest BCUT2D eigenvalue weighted by atomic mass is 10.1. The van der Waals surface area contributed by atoms with Crippen molar-refractivity contribution in [3.8, 4) is 17.1 Å². The van der Waals surface area contributed by atoms with E-state index in [1.165, 1.54) is 0 Å². The van der Waals surface area contributed by atoms with Crippen molar-refractivity contribution >= 4 is 17.5 Å². The van der Waals surface area contributed by atoms with Gasteiger partial charge in [0.05, 0.1) is 18.3 Å². The first-order valence-electron chi connectivity index (χ1n) is 10.3. The summed E-state index contributed by atoms with van der Waals surface area (Å²) in [5.41, 5.74) is 2.33. The van der Waals surface area contributed by atoms with Crippen LogP contribution >= 0.6 is 11.6 Å². The SMILES string of the molecule is COCCOc1ccc(C(=O)N2CCC[C@H]2c2ccnc(-c3cccc(Cl)c3)n2)cc1. The Labute approximate surface area is 186 Å². The zero-order valence-electron chi connectivity index (χ0n) is 17.3. The topological polar surface area (TPSA) is 64.6 Å². The zero-order chi connectivity index (χ0) is 21.6. The predicted molar refractivity (Wildman–Crippen MR) is 119 cm³/mol. The normalized spacial score (nSPS) is 15.8. The van der Waals surface area contributed by atoms with Gasteiger partial charge in [-0.25, -0.2) is 9.97 Å². The van der Waals surface area contributed by atoms with Crippen LogP contribution in [0.2, 0.25) is 5.02 Å². The Balaban J connectivity index is 1.51. The number of amides is 1. The van der Waals surface area contributed by atoms with E-state index in [-0.39, 0.29) is 11.9 Å². The smallest absolute Gasteiger partial charge is 0.254 e. The molecule has 1 fully saturated rings. The fraction of sp³-hybridized carbons (Fsp3) is 0.292. The van der Waals surface area contributed by atoms with Crippen LogP contribution in [0, 0.1) is 0 Å². The minimum absolute atomic E-state index is 0.00569. The molecule has 0 spiro atoms. The second kappa shape index (κ2) is 9.90. The van der Waals surface area contributed by atoms with Gasteiger partial charge in [-0.3, -0.25) is 4.79 Å². The number of benzene rings is 2. The van der Waals surface area contributed by atoms with Crippen LogP contribution in [0.15, 0.2) is 60.8 Å². The molecule has 6 nitrogen and oxygen atoms in total. The van der Waals surface area contributed by atoms with E-state index in [0.29, 0.717) is 41.9 Å². The third kappa shape index (κ3) is 5.03. The Bertz CT molecular complexity index is 1040. The summed E-state index contributed by atoms with van der Waals surface area (Å²) in [7, 11) is 1.63. The van der Waals surface area contributed by atoms with Crippen molar-refractivity contribution in [1.29, 1.82) is 0 Å². The van der Waals surface area contributed by atoms with Gasteiger partial charge in [0.2, 0.25) is 0 Å². The van der Waals surface area contributed by atoms with Gasteiger partial charge in [0.15, 0.2) is 5.82 Å². The van der Waals surface area contributed by atoms with Gasteiger partial charge in [0, 0.05) is 36.0 Å². The van der Waals surface area contributed by atoms with Gasteiger partial charge in [-0.15, -0.1) is 0 Å². The summed E-state index contributed by atoms with van der Waals surface area (Å²) in [6.45, 7) is 1.69. The summed E-state index contributed by atoms with van der Waals surface area (Å²) in [6.07, 6.45) is 3.55. The summed E-state index contributed by atoms with van der Waals surface area (Å²) >= 11 is 6.12. The molecular weight excluding hydrogens is 414 g/mol. The number of rotatable bonds is 7. The van der Waals surface area contributed by atoms with Gasteiger partial charge in [-0.2, -0.15) is 0 Å². The fourth-order valence-electron chi connectivity index (χ4n) is 3.74. The molecule has 0 unspecified atom stereocenters. The molecule has 3 aromatic rings. The number of carbonyl (C=O) groups is 1. The average molecular weight is 438 g/mol. The molecule has 0 N–H and O–H groups in total. The van der Waals surface area contributed by atoms with E-state index in [1.54, 1.807) is 25.4 Å². The number of ether oxygens (including phenoxy) is 2. The van der Waals surface area contributed by atoms with Gasteiger partial charge in [-0.05, 0) is 55.3 Å². The molecule has 1 saturated heterocycles. The molecule has 0 saturated carbocycles. The molecule has 2 heterocycles. The standard InChI is InChI=1S/C24H24ClN3O3/c1-30-14-15-31-20-9-7-17(8-10-20)24(29)28-13-3-6-22(28)21-11-12-26-23(27-21)18-4-2-5-19(25)16-18/h2,4-5,7-12,16,22H,3,6,13-15H2,1H3/t22-/m0/s1. The minimum Gasteiger partial charge on any atom is -0.491 e. The van der Waals surface area contributed by atoms with Crippen LogP contribution in [0.1, 0.15) is 34.9 Å². The Kier molecular flexibility index (Phi) is 6.79. The van der Waals surface area contributed by atoms with Crippen LogP contribution in [0.5, 0.6) is 5.75 Å². The molecule has 0 radical (unpaired) electrons. The third-order valence-corrected chi connectivity index (χ3v) is 5.51. The fourth-order valence-corrected chi connectivity index (χ4v) is 3.93. The average Bonchev–Trinajstić information content (AvgIpc) is 3.29. The number of halogens is 1. The summed E-state index contributed by atoms with van der Waals surface area (Å²) in [5.74, 6) is 1.32. The molecule has 1 aromatic heterocycles. The first kappa shape index (κ1) is 21.3. The zero-order valence-corrected chi connectivity index (χ0v) is 18.1. The molecule has 1 atom stereocenters. The number of aromatic nitrogens is 2. The van der Waals surface area contributed by atoms with Gasteiger partial charge in [0.25, 0.3) is 5.91 Å². The van der Waals surface area contributed by atoms with Gasteiger partial charge < -0.3 is 14.4 Å². The number of nitrogens with zero attached hydrogens (tertiary/aromatic N) is 3. The predicted octanol–water partition coefficient (Wildman–Crippen LogP) is 4.80. The van der Waals surface area contributed by atoms with Crippen LogP contribution < -0.4 is 4.74 Å². The van der Waals surface area contributed by atoms with Gasteiger partial charge >= 0.3 is 0 Å². The van der Waals surface area contributed by atoms with Crippen molar-refractivity contribution in [3.63, 3.8) is 0 Å². The molecule has 1 aliphatic heterocycles. The number of carbonyl (C=O) groups excluding carboxylic acids is 1. The molecule has 1 amide bonds. The van der Waals surface area contributed by atoms with Crippen molar-refractivity contribution in [2.75, 3.05) is 26.9 Å². The van der Waals surface area contributed by atoms with Crippen molar-refractivity contribution in [3.05, 3.63) is 77.1 Å². The van der Waals surface area contributed by atoms with E-state index in [0.717, 1.165) is 24.1 Å². The summed E-state index contributed by atoms with van der Waals surface area (Å²) in [4.78, 5) is 24.2. The lowest BCUT2D eigenvalue weighted by Crippen LogP contribution is -2.31. The van der Waals surface area contributed by atoms with E-state index in [1.807, 2.05) is 47.4 Å². The number of hydrogen-bond acceptors (Lipinski definition) is 5. The van der Waals surface area contributed by atoms with Crippen molar-refractivity contribution in [2.24, 2.45) is 0 Å². The molecule has 4 rings (SSSR count). The lowest BCUT2D eigenvalue weighted by Gasteiger charge is -2.24. The van der Waals surface area contributed by atoms with Crippen LogP contribution in [0.25, 0.3) is 11.4 Å². The minimum atomic E-state index is -0.0777. The third-order valence-electron chi connectivity index (χ3n) is 5.27. The molecule has 2 aromatic carbocycles. The van der Waals surface area contributed by atoms with E-state index >= 15 is 0 Å². The van der Waals surface area contributed by atoms with Crippen molar-refractivity contribution in [2.45, 2.75) is 18.9 Å². The Hall–Kier alpha value is -2.96. The monoisotopic (exact) mass is 437 g/mol. The van der Waals surface area contributed by atoms with E-state index in [4.69, 9.17) is 26.1 Å². The van der Waals surface area contributed by atoms with Crippen molar-refractivity contribution in [1.82, 2.24) is 14.9 Å².